The number of hydrogen-bond donors (Lipinski definition) is 1. The smallest absolute Gasteiger partial charge is 0.334 e. The van der Waals surface area contributed by atoms with Gasteiger partial charge in [-0.1, -0.05) is 24.3 Å². The number of fused-ring (bicyclic) bond motifs is 1. The van der Waals surface area contributed by atoms with Crippen LogP contribution in [0.15, 0.2) is 47.1 Å². The second kappa shape index (κ2) is 7.83. The second-order valence-electron chi connectivity index (χ2n) is 6.71. The molecule has 0 spiro atoms. The summed E-state index contributed by atoms with van der Waals surface area (Å²) >= 11 is 0. The first-order valence-corrected chi connectivity index (χ1v) is 8.52. The molecule has 0 radical (unpaired) electrons. The van der Waals surface area contributed by atoms with Crippen LogP contribution in [0.2, 0.25) is 0 Å². The molecule has 25 heavy (non-hydrogen) atoms. The van der Waals surface area contributed by atoms with Crippen molar-refractivity contribution in [3.05, 3.63) is 47.1 Å². The Morgan fingerprint density at radius 2 is 2.12 bits per heavy atom. The zero-order chi connectivity index (χ0) is 18.7. The number of allylic oxidation sites excluding steroid dienone is 3. The molecule has 1 aliphatic carbocycles. The van der Waals surface area contributed by atoms with Gasteiger partial charge in [-0.25, -0.2) is 9.59 Å². The maximum atomic E-state index is 12.3. The van der Waals surface area contributed by atoms with Gasteiger partial charge in [-0.05, 0) is 52.2 Å². The first-order valence-electron chi connectivity index (χ1n) is 8.52. The fraction of sp³-hybridized carbons (Fsp3) is 0.500. The summed E-state index contributed by atoms with van der Waals surface area (Å²) < 4.78 is 11.0. The van der Waals surface area contributed by atoms with E-state index in [4.69, 9.17) is 9.47 Å². The molecule has 136 valence electrons. The molecule has 0 amide bonds. The summed E-state index contributed by atoms with van der Waals surface area (Å²) in [6.07, 6.45) is 4.45. The first-order chi connectivity index (χ1) is 11.8. The fourth-order valence-electron chi connectivity index (χ4n) is 3.07. The molecule has 0 aromatic carbocycles. The molecule has 4 atom stereocenters. The number of hydrogen-bond acceptors (Lipinski definition) is 5. The van der Waals surface area contributed by atoms with E-state index in [9.17, 15) is 14.7 Å². The monoisotopic (exact) mass is 346 g/mol. The van der Waals surface area contributed by atoms with Crippen molar-refractivity contribution in [1.29, 1.82) is 0 Å². The predicted molar refractivity (Wildman–Crippen MR) is 94.6 cm³/mol. The number of aliphatic hydroxyl groups is 1. The number of aliphatic hydroxyl groups excluding tert-OH is 1. The van der Waals surface area contributed by atoms with Gasteiger partial charge in [0.05, 0.1) is 5.92 Å². The van der Waals surface area contributed by atoms with Crippen molar-refractivity contribution in [2.24, 2.45) is 5.92 Å². The van der Waals surface area contributed by atoms with Gasteiger partial charge in [0, 0.05) is 11.1 Å². The van der Waals surface area contributed by atoms with E-state index in [0.29, 0.717) is 11.1 Å². The third kappa shape index (κ3) is 4.10. The largest absolute Gasteiger partial charge is 0.455 e. The van der Waals surface area contributed by atoms with Crippen LogP contribution in [0.25, 0.3) is 0 Å². The van der Waals surface area contributed by atoms with Crippen molar-refractivity contribution in [3.8, 4) is 0 Å². The minimum absolute atomic E-state index is 0.220. The molecule has 5 heteroatoms. The van der Waals surface area contributed by atoms with Gasteiger partial charge in [-0.15, -0.1) is 0 Å². The van der Waals surface area contributed by atoms with E-state index in [1.54, 1.807) is 26.8 Å². The Labute approximate surface area is 148 Å². The van der Waals surface area contributed by atoms with Gasteiger partial charge in [-0.3, -0.25) is 0 Å². The maximum absolute atomic E-state index is 12.3. The zero-order valence-corrected chi connectivity index (χ0v) is 15.2. The van der Waals surface area contributed by atoms with E-state index >= 15 is 0 Å². The van der Waals surface area contributed by atoms with E-state index in [1.165, 1.54) is 0 Å². The van der Waals surface area contributed by atoms with E-state index in [2.05, 4.69) is 6.58 Å². The highest BCUT2D eigenvalue weighted by Crippen LogP contribution is 2.36. The summed E-state index contributed by atoms with van der Waals surface area (Å²) in [5.74, 6) is -1.66. The van der Waals surface area contributed by atoms with Crippen LogP contribution in [-0.4, -0.2) is 35.4 Å². The number of ether oxygens (including phenoxy) is 2. The standard InChI is InChI=1S/C20H26O5/c1-6-12(3)19(22)25-18-16-14(5)20(23)24-15(16)10-11(2)8-7-9-13(4)17(18)21/h6,9-10,15-18,21H,5,7-8H2,1-4H3/b11-10+,12-6-,13-9+/t15-,16-,17+,18-/m0/s1. The summed E-state index contributed by atoms with van der Waals surface area (Å²) in [4.78, 5) is 24.3. The lowest BCUT2D eigenvalue weighted by Gasteiger charge is -2.31. The molecule has 0 bridgehead atoms. The highest BCUT2D eigenvalue weighted by Gasteiger charge is 2.47. The molecule has 1 saturated heterocycles. The van der Waals surface area contributed by atoms with E-state index in [0.717, 1.165) is 18.4 Å². The van der Waals surface area contributed by atoms with Crippen LogP contribution in [0.3, 0.4) is 0 Å². The molecule has 1 heterocycles. The Bertz CT molecular complexity index is 668. The first kappa shape index (κ1) is 19.2. The van der Waals surface area contributed by atoms with Crippen LogP contribution in [0, 0.1) is 5.92 Å². The van der Waals surface area contributed by atoms with Crippen molar-refractivity contribution >= 4 is 11.9 Å². The van der Waals surface area contributed by atoms with E-state index in [1.807, 2.05) is 19.1 Å². The second-order valence-corrected chi connectivity index (χ2v) is 6.71. The Kier molecular flexibility index (Phi) is 6.01. The molecule has 0 saturated carbocycles. The third-order valence-electron chi connectivity index (χ3n) is 4.85. The van der Waals surface area contributed by atoms with E-state index < -0.39 is 36.2 Å². The van der Waals surface area contributed by atoms with Crippen LogP contribution in [0.1, 0.15) is 40.5 Å². The van der Waals surface area contributed by atoms with Crippen LogP contribution in [0.5, 0.6) is 0 Å². The Morgan fingerprint density at radius 3 is 2.76 bits per heavy atom. The van der Waals surface area contributed by atoms with Crippen molar-refractivity contribution in [2.45, 2.75) is 58.8 Å². The Balaban J connectivity index is 2.47. The number of esters is 2. The van der Waals surface area contributed by atoms with Crippen LogP contribution in [0.4, 0.5) is 0 Å². The van der Waals surface area contributed by atoms with Crippen molar-refractivity contribution in [2.75, 3.05) is 0 Å². The molecular formula is C20H26O5. The van der Waals surface area contributed by atoms with Gasteiger partial charge in [0.15, 0.2) is 0 Å². The number of carbonyl (C=O) groups excluding carboxylic acids is 2. The summed E-state index contributed by atoms with van der Waals surface area (Å²) in [7, 11) is 0. The molecule has 2 aliphatic rings. The molecule has 0 aromatic rings. The topological polar surface area (TPSA) is 72.8 Å². The Morgan fingerprint density at radius 1 is 1.44 bits per heavy atom. The maximum Gasteiger partial charge on any atom is 0.334 e. The predicted octanol–water partition coefficient (Wildman–Crippen LogP) is 3.01. The van der Waals surface area contributed by atoms with Crippen LogP contribution < -0.4 is 0 Å². The third-order valence-corrected chi connectivity index (χ3v) is 4.85. The average molecular weight is 346 g/mol. The lowest BCUT2D eigenvalue weighted by Crippen LogP contribution is -2.42. The lowest BCUT2D eigenvalue weighted by molar-refractivity contribution is -0.153. The van der Waals surface area contributed by atoms with Gasteiger partial charge < -0.3 is 14.6 Å². The highest BCUT2D eigenvalue weighted by molar-refractivity contribution is 5.92. The number of carbonyl (C=O) groups is 2. The molecule has 0 unspecified atom stereocenters. The SMILES string of the molecule is C=C1C(=O)O[C@H]2/C=C(\C)CC/C=C(\C)[C@@H](O)[C@@H](OC(=O)/C(C)=C\C)[C@@H]12. The normalized spacial score (nSPS) is 35.0. The molecule has 5 nitrogen and oxygen atoms in total. The molecular weight excluding hydrogens is 320 g/mol. The van der Waals surface area contributed by atoms with Gasteiger partial charge in [-0.2, -0.15) is 0 Å². The van der Waals surface area contributed by atoms with Crippen molar-refractivity contribution < 1.29 is 24.2 Å². The van der Waals surface area contributed by atoms with Gasteiger partial charge in [0.1, 0.15) is 18.3 Å². The summed E-state index contributed by atoms with van der Waals surface area (Å²) in [5.41, 5.74) is 2.44. The molecule has 2 rings (SSSR count). The summed E-state index contributed by atoms with van der Waals surface area (Å²) in [6.45, 7) is 11.0. The molecule has 1 N–H and O–H groups in total. The van der Waals surface area contributed by atoms with E-state index in [-0.39, 0.29) is 5.57 Å². The minimum Gasteiger partial charge on any atom is -0.455 e. The zero-order valence-electron chi connectivity index (χ0n) is 15.2. The minimum atomic E-state index is -1.03. The fourth-order valence-corrected chi connectivity index (χ4v) is 3.07. The molecule has 0 aromatic heterocycles. The molecule has 1 aliphatic heterocycles. The van der Waals surface area contributed by atoms with Crippen LogP contribution in [-0.2, 0) is 19.1 Å². The number of rotatable bonds is 2. The summed E-state index contributed by atoms with van der Waals surface area (Å²) in [6, 6.07) is 0. The van der Waals surface area contributed by atoms with Gasteiger partial charge in [0.25, 0.3) is 0 Å². The van der Waals surface area contributed by atoms with Gasteiger partial charge >= 0.3 is 11.9 Å². The van der Waals surface area contributed by atoms with Crippen molar-refractivity contribution in [1.82, 2.24) is 0 Å². The Hall–Kier alpha value is -2.14. The van der Waals surface area contributed by atoms with Gasteiger partial charge in [0.2, 0.25) is 0 Å². The highest BCUT2D eigenvalue weighted by atomic mass is 16.6. The van der Waals surface area contributed by atoms with Crippen LogP contribution >= 0.6 is 0 Å². The lowest BCUT2D eigenvalue weighted by atomic mass is 9.84. The summed E-state index contributed by atoms with van der Waals surface area (Å²) in [5, 5.41) is 10.8. The molecule has 1 fully saturated rings. The average Bonchev–Trinajstić information content (AvgIpc) is 2.84. The van der Waals surface area contributed by atoms with Crippen molar-refractivity contribution in [3.63, 3.8) is 0 Å². The quantitative estimate of drug-likeness (QED) is 0.473.